The molecule has 1 aliphatic rings. The fourth-order valence-corrected chi connectivity index (χ4v) is 5.18. The molecule has 3 N–H and O–H groups in total. The molecule has 4 rings (SSSR count). The first-order valence-electron chi connectivity index (χ1n) is 11.0. The molecule has 1 unspecified atom stereocenters. The SMILES string of the molecule is O=C(Cc1c(F)ccc2c1C=CC2NS(=O)(=O)c1ccc(F)cc1)N[C@H](Cc1ccccc1)C(=O)O. The van der Waals surface area contributed by atoms with E-state index in [0.29, 0.717) is 11.1 Å². The van der Waals surface area contributed by atoms with E-state index in [9.17, 15) is 31.9 Å². The molecule has 0 saturated heterocycles. The van der Waals surface area contributed by atoms with Gasteiger partial charge < -0.3 is 10.4 Å². The molecule has 0 saturated carbocycles. The summed E-state index contributed by atoms with van der Waals surface area (Å²) in [5.74, 6) is -3.16. The summed E-state index contributed by atoms with van der Waals surface area (Å²) in [5.41, 5.74) is 1.51. The van der Waals surface area contributed by atoms with Gasteiger partial charge in [0, 0.05) is 12.0 Å². The van der Waals surface area contributed by atoms with Crippen LogP contribution in [0.2, 0.25) is 0 Å². The van der Waals surface area contributed by atoms with E-state index in [-0.39, 0.29) is 16.9 Å². The van der Waals surface area contributed by atoms with Crippen molar-refractivity contribution in [2.24, 2.45) is 0 Å². The van der Waals surface area contributed by atoms with Crippen molar-refractivity contribution in [3.63, 3.8) is 0 Å². The highest BCUT2D eigenvalue weighted by Gasteiger charge is 2.28. The highest BCUT2D eigenvalue weighted by atomic mass is 32.2. The van der Waals surface area contributed by atoms with Crippen LogP contribution in [0.25, 0.3) is 6.08 Å². The maximum absolute atomic E-state index is 14.7. The van der Waals surface area contributed by atoms with E-state index in [0.717, 1.165) is 35.9 Å². The number of carbonyl (C=O) groups is 2. The topological polar surface area (TPSA) is 113 Å². The Bertz CT molecular complexity index is 1420. The molecular formula is C26H22F2N2O5S. The predicted octanol–water partition coefficient (Wildman–Crippen LogP) is 3.37. The first-order chi connectivity index (χ1) is 17.1. The number of amides is 1. The molecule has 2 atom stereocenters. The van der Waals surface area contributed by atoms with Crippen molar-refractivity contribution in [1.82, 2.24) is 10.0 Å². The maximum Gasteiger partial charge on any atom is 0.326 e. The molecule has 7 nitrogen and oxygen atoms in total. The Balaban J connectivity index is 1.51. The summed E-state index contributed by atoms with van der Waals surface area (Å²) in [6.45, 7) is 0. The molecule has 0 radical (unpaired) electrons. The quantitative estimate of drug-likeness (QED) is 0.407. The van der Waals surface area contributed by atoms with Gasteiger partial charge in [-0.25, -0.2) is 22.0 Å². The van der Waals surface area contributed by atoms with Crippen molar-refractivity contribution in [3.05, 3.63) is 107 Å². The van der Waals surface area contributed by atoms with Crippen LogP contribution in [0.5, 0.6) is 0 Å². The van der Waals surface area contributed by atoms with Crippen LogP contribution in [0.3, 0.4) is 0 Å². The molecule has 186 valence electrons. The van der Waals surface area contributed by atoms with E-state index in [4.69, 9.17) is 0 Å². The highest BCUT2D eigenvalue weighted by Crippen LogP contribution is 2.33. The minimum Gasteiger partial charge on any atom is -0.480 e. The van der Waals surface area contributed by atoms with Crippen LogP contribution in [0.1, 0.15) is 28.3 Å². The number of hydrogen-bond donors (Lipinski definition) is 3. The van der Waals surface area contributed by atoms with Gasteiger partial charge in [-0.05, 0) is 47.0 Å². The average molecular weight is 513 g/mol. The van der Waals surface area contributed by atoms with Crippen molar-refractivity contribution in [2.45, 2.75) is 29.8 Å². The van der Waals surface area contributed by atoms with Crippen LogP contribution in [-0.4, -0.2) is 31.4 Å². The van der Waals surface area contributed by atoms with Crippen molar-refractivity contribution in [2.75, 3.05) is 0 Å². The van der Waals surface area contributed by atoms with Crippen LogP contribution < -0.4 is 10.0 Å². The third kappa shape index (κ3) is 5.67. The second-order valence-corrected chi connectivity index (χ2v) is 9.98. The van der Waals surface area contributed by atoms with Crippen LogP contribution in [0, 0.1) is 11.6 Å². The molecular weight excluding hydrogens is 490 g/mol. The van der Waals surface area contributed by atoms with Crippen LogP contribution in [0.15, 0.2) is 77.7 Å². The number of carboxylic acids is 1. The van der Waals surface area contributed by atoms with Crippen LogP contribution in [-0.2, 0) is 32.5 Å². The molecule has 0 fully saturated rings. The first-order valence-corrected chi connectivity index (χ1v) is 12.5. The molecule has 1 amide bonds. The lowest BCUT2D eigenvalue weighted by Crippen LogP contribution is -2.43. The lowest BCUT2D eigenvalue weighted by Gasteiger charge is -2.17. The molecule has 0 aliphatic heterocycles. The number of sulfonamides is 1. The zero-order valence-corrected chi connectivity index (χ0v) is 19.6. The van der Waals surface area contributed by atoms with Gasteiger partial charge in [0.05, 0.1) is 17.4 Å². The van der Waals surface area contributed by atoms with Crippen LogP contribution in [0.4, 0.5) is 8.78 Å². The van der Waals surface area contributed by atoms with Crippen molar-refractivity contribution in [3.8, 4) is 0 Å². The van der Waals surface area contributed by atoms with E-state index < -0.39 is 52.0 Å². The van der Waals surface area contributed by atoms with Crippen LogP contribution >= 0.6 is 0 Å². The van der Waals surface area contributed by atoms with Gasteiger partial charge in [0.15, 0.2) is 0 Å². The monoisotopic (exact) mass is 512 g/mol. The summed E-state index contributed by atoms with van der Waals surface area (Å²) in [5, 5.41) is 12.0. The van der Waals surface area contributed by atoms with Gasteiger partial charge in [-0.2, -0.15) is 4.72 Å². The van der Waals surface area contributed by atoms with Gasteiger partial charge in [0.1, 0.15) is 17.7 Å². The third-order valence-electron chi connectivity index (χ3n) is 5.78. The smallest absolute Gasteiger partial charge is 0.326 e. The molecule has 1 aliphatic carbocycles. The Kier molecular flexibility index (Phi) is 7.27. The van der Waals surface area contributed by atoms with Gasteiger partial charge in [-0.1, -0.05) is 48.6 Å². The predicted molar refractivity (Wildman–Crippen MR) is 128 cm³/mol. The first kappa shape index (κ1) is 25.2. The summed E-state index contributed by atoms with van der Waals surface area (Å²) in [7, 11) is -4.01. The fourth-order valence-electron chi connectivity index (χ4n) is 4.01. The number of fused-ring (bicyclic) bond motifs is 1. The Hall–Kier alpha value is -3.89. The summed E-state index contributed by atoms with van der Waals surface area (Å²) in [6, 6.07) is 13.6. The van der Waals surface area contributed by atoms with Crippen molar-refractivity contribution < 1.29 is 31.9 Å². The Labute approximate surface area is 206 Å². The summed E-state index contributed by atoms with van der Waals surface area (Å²) >= 11 is 0. The number of rotatable bonds is 9. The zero-order valence-electron chi connectivity index (χ0n) is 18.8. The zero-order chi connectivity index (χ0) is 25.9. The molecule has 0 aromatic heterocycles. The number of carboxylic acid groups (broad SMARTS) is 1. The summed E-state index contributed by atoms with van der Waals surface area (Å²) in [6.07, 6.45) is 2.65. The second kappa shape index (κ2) is 10.4. The molecule has 3 aromatic carbocycles. The largest absolute Gasteiger partial charge is 0.480 e. The molecule has 0 heterocycles. The minimum absolute atomic E-state index is 0.0218. The van der Waals surface area contributed by atoms with Gasteiger partial charge >= 0.3 is 5.97 Å². The molecule has 0 spiro atoms. The Morgan fingerprint density at radius 2 is 1.67 bits per heavy atom. The van der Waals surface area contributed by atoms with E-state index in [1.165, 1.54) is 18.2 Å². The fraction of sp³-hybridized carbons (Fsp3) is 0.154. The third-order valence-corrected chi connectivity index (χ3v) is 7.24. The summed E-state index contributed by atoms with van der Waals surface area (Å²) < 4.78 is 55.8. The van der Waals surface area contributed by atoms with E-state index in [1.54, 1.807) is 30.3 Å². The van der Waals surface area contributed by atoms with Gasteiger partial charge in [0.25, 0.3) is 0 Å². The van der Waals surface area contributed by atoms with E-state index in [2.05, 4.69) is 10.0 Å². The van der Waals surface area contributed by atoms with Crippen molar-refractivity contribution in [1.29, 1.82) is 0 Å². The molecule has 36 heavy (non-hydrogen) atoms. The number of carbonyl (C=O) groups excluding carboxylic acids is 1. The van der Waals surface area contributed by atoms with Gasteiger partial charge in [-0.3, -0.25) is 4.79 Å². The Morgan fingerprint density at radius 3 is 2.33 bits per heavy atom. The van der Waals surface area contributed by atoms with E-state index >= 15 is 0 Å². The number of benzene rings is 3. The highest BCUT2D eigenvalue weighted by molar-refractivity contribution is 7.89. The number of nitrogens with one attached hydrogen (secondary N) is 2. The molecule has 3 aromatic rings. The van der Waals surface area contributed by atoms with E-state index in [1.807, 2.05) is 0 Å². The van der Waals surface area contributed by atoms with Gasteiger partial charge in [0.2, 0.25) is 15.9 Å². The molecule has 0 bridgehead atoms. The maximum atomic E-state index is 14.7. The average Bonchev–Trinajstić information content (AvgIpc) is 3.23. The standard InChI is InChI=1S/C26H22F2N2O5S/c27-17-6-8-18(9-7-17)36(34,35)30-23-13-11-19-20(23)10-12-22(28)21(19)15-25(31)29-24(26(32)33)14-16-4-2-1-3-5-16/h1-13,23-24,30H,14-15H2,(H,29,31)(H,32,33)/t23?,24-/m1/s1. The van der Waals surface area contributed by atoms with Crippen molar-refractivity contribution >= 4 is 28.0 Å². The molecule has 10 heteroatoms. The lowest BCUT2D eigenvalue weighted by molar-refractivity contribution is -0.141. The normalized spacial score (nSPS) is 15.3. The Morgan fingerprint density at radius 1 is 0.972 bits per heavy atom. The minimum atomic E-state index is -4.01. The number of aliphatic carboxylic acids is 1. The number of halogens is 2. The second-order valence-electron chi connectivity index (χ2n) is 8.27. The summed E-state index contributed by atoms with van der Waals surface area (Å²) in [4.78, 5) is 24.2. The lowest BCUT2D eigenvalue weighted by atomic mass is 9.98. The number of hydrogen-bond acceptors (Lipinski definition) is 4. The van der Waals surface area contributed by atoms with Gasteiger partial charge in [-0.15, -0.1) is 0 Å².